The first-order chi connectivity index (χ1) is 9.78. The molecule has 1 aromatic rings. The lowest BCUT2D eigenvalue weighted by Crippen LogP contribution is -2.40. The fourth-order valence-electron chi connectivity index (χ4n) is 2.64. The zero-order valence-corrected chi connectivity index (χ0v) is 12.5. The molecule has 7 heteroatoms. The molecule has 0 saturated carbocycles. The Balaban J connectivity index is 2.46. The Kier molecular flexibility index (Phi) is 4.03. The van der Waals surface area contributed by atoms with Crippen molar-refractivity contribution in [1.82, 2.24) is 4.31 Å². The Hall–Kier alpha value is -1.91. The van der Waals surface area contributed by atoms with Crippen LogP contribution in [-0.2, 0) is 14.8 Å². The van der Waals surface area contributed by atoms with E-state index in [0.717, 1.165) is 4.31 Å². The first kappa shape index (κ1) is 15.5. The summed E-state index contributed by atoms with van der Waals surface area (Å²) in [6.45, 7) is 3.16. The van der Waals surface area contributed by atoms with Crippen LogP contribution in [0.1, 0.15) is 37.4 Å². The molecule has 0 spiro atoms. The number of nitriles is 1. The molecule has 0 amide bonds. The van der Waals surface area contributed by atoms with Crippen LogP contribution in [0.3, 0.4) is 0 Å². The van der Waals surface area contributed by atoms with Crippen LogP contribution in [0.25, 0.3) is 0 Å². The van der Waals surface area contributed by atoms with Gasteiger partial charge in [-0.1, -0.05) is 12.1 Å². The number of aliphatic carboxylic acids is 1. The van der Waals surface area contributed by atoms with E-state index in [-0.39, 0.29) is 6.42 Å². The van der Waals surface area contributed by atoms with Gasteiger partial charge >= 0.3 is 5.97 Å². The molecule has 0 aromatic heterocycles. The second-order valence-corrected chi connectivity index (χ2v) is 7.44. The number of carbonyl (C=O) groups is 1. The Morgan fingerprint density at radius 2 is 2.19 bits per heavy atom. The molecule has 1 N–H and O–H groups in total. The zero-order valence-electron chi connectivity index (χ0n) is 11.7. The molecule has 1 aromatic carbocycles. The lowest BCUT2D eigenvalue weighted by Gasteiger charge is -2.27. The lowest BCUT2D eigenvalue weighted by atomic mass is 10.0. The van der Waals surface area contributed by atoms with Crippen molar-refractivity contribution in [1.29, 1.82) is 5.26 Å². The highest BCUT2D eigenvalue weighted by atomic mass is 32.2. The molecule has 1 aliphatic heterocycles. The molecule has 1 saturated heterocycles. The maximum Gasteiger partial charge on any atom is 0.322 e. The Morgan fingerprint density at radius 1 is 1.52 bits per heavy atom. The van der Waals surface area contributed by atoms with Gasteiger partial charge in [-0.05, 0) is 38.0 Å². The van der Waals surface area contributed by atoms with Crippen molar-refractivity contribution in [3.63, 3.8) is 0 Å². The van der Waals surface area contributed by atoms with Gasteiger partial charge in [0.05, 0.1) is 16.9 Å². The predicted octanol–water partition coefficient (Wildman–Crippen LogP) is 1.50. The molecule has 6 nitrogen and oxygen atoms in total. The molecule has 0 aliphatic carbocycles. The SMILES string of the molecule is CC(c1cccc(C#N)c1)N1C(C(=O)O)CC(C)S1(=O)=O. The van der Waals surface area contributed by atoms with Crippen LogP contribution in [0.15, 0.2) is 24.3 Å². The minimum atomic E-state index is -3.66. The zero-order chi connectivity index (χ0) is 15.8. The van der Waals surface area contributed by atoms with Crippen molar-refractivity contribution in [2.24, 2.45) is 0 Å². The van der Waals surface area contributed by atoms with E-state index in [0.29, 0.717) is 11.1 Å². The number of benzene rings is 1. The molecule has 3 atom stereocenters. The largest absolute Gasteiger partial charge is 0.480 e. The summed E-state index contributed by atoms with van der Waals surface area (Å²) < 4.78 is 25.8. The first-order valence-electron chi connectivity index (χ1n) is 6.54. The highest BCUT2D eigenvalue weighted by molar-refractivity contribution is 7.90. The van der Waals surface area contributed by atoms with Crippen LogP contribution < -0.4 is 0 Å². The number of hydrogen-bond donors (Lipinski definition) is 1. The van der Waals surface area contributed by atoms with Crippen molar-refractivity contribution in [2.75, 3.05) is 0 Å². The molecule has 1 aliphatic rings. The highest BCUT2D eigenvalue weighted by Gasteiger charge is 2.49. The summed E-state index contributed by atoms with van der Waals surface area (Å²) >= 11 is 0. The van der Waals surface area contributed by atoms with Crippen LogP contribution in [0, 0.1) is 11.3 Å². The van der Waals surface area contributed by atoms with Crippen molar-refractivity contribution in [3.8, 4) is 6.07 Å². The van der Waals surface area contributed by atoms with E-state index in [4.69, 9.17) is 5.26 Å². The van der Waals surface area contributed by atoms with Crippen LogP contribution in [0.2, 0.25) is 0 Å². The molecule has 0 bridgehead atoms. The van der Waals surface area contributed by atoms with Gasteiger partial charge in [-0.25, -0.2) is 8.42 Å². The summed E-state index contributed by atoms with van der Waals surface area (Å²) in [5, 5.41) is 17.5. The number of carboxylic acids is 1. The molecule has 112 valence electrons. The number of rotatable bonds is 3. The van der Waals surface area contributed by atoms with Crippen molar-refractivity contribution in [2.45, 2.75) is 37.6 Å². The van der Waals surface area contributed by atoms with Crippen molar-refractivity contribution >= 4 is 16.0 Å². The summed E-state index contributed by atoms with van der Waals surface area (Å²) in [5.74, 6) is -1.15. The highest BCUT2D eigenvalue weighted by Crippen LogP contribution is 2.36. The van der Waals surface area contributed by atoms with E-state index in [2.05, 4.69) is 0 Å². The lowest BCUT2D eigenvalue weighted by molar-refractivity contribution is -0.141. The van der Waals surface area contributed by atoms with Crippen LogP contribution in [-0.4, -0.2) is 35.1 Å². The molecule has 21 heavy (non-hydrogen) atoms. The molecular weight excluding hydrogens is 292 g/mol. The number of nitrogens with zero attached hydrogens (tertiary/aromatic N) is 2. The third-order valence-electron chi connectivity index (χ3n) is 3.83. The standard InChI is InChI=1S/C14H16N2O4S/c1-9-6-13(14(17)18)16(21(9,19)20)10(2)12-5-3-4-11(7-12)8-15/h3-5,7,9-10,13H,6H2,1-2H3,(H,17,18). The molecular formula is C14H16N2O4S. The summed E-state index contributed by atoms with van der Waals surface area (Å²) in [6, 6.07) is 6.86. The fourth-order valence-corrected chi connectivity index (χ4v) is 4.57. The van der Waals surface area contributed by atoms with Crippen LogP contribution >= 0.6 is 0 Å². The summed E-state index contributed by atoms with van der Waals surface area (Å²) in [4.78, 5) is 11.3. The van der Waals surface area contributed by atoms with Gasteiger partial charge in [0, 0.05) is 6.04 Å². The molecule has 0 radical (unpaired) electrons. The third-order valence-corrected chi connectivity index (χ3v) is 6.20. The van der Waals surface area contributed by atoms with Crippen molar-refractivity contribution in [3.05, 3.63) is 35.4 Å². The second-order valence-electron chi connectivity index (χ2n) is 5.19. The summed E-state index contributed by atoms with van der Waals surface area (Å²) in [5.41, 5.74) is 1.02. The maximum absolute atomic E-state index is 12.4. The van der Waals surface area contributed by atoms with Gasteiger partial charge in [-0.3, -0.25) is 4.79 Å². The van der Waals surface area contributed by atoms with Crippen LogP contribution in [0.4, 0.5) is 0 Å². The van der Waals surface area contributed by atoms with E-state index >= 15 is 0 Å². The van der Waals surface area contributed by atoms with Crippen molar-refractivity contribution < 1.29 is 18.3 Å². The van der Waals surface area contributed by atoms with Crippen LogP contribution in [0.5, 0.6) is 0 Å². The predicted molar refractivity (Wildman–Crippen MR) is 75.8 cm³/mol. The minimum Gasteiger partial charge on any atom is -0.480 e. The van der Waals surface area contributed by atoms with Gasteiger partial charge in [0.1, 0.15) is 6.04 Å². The Bertz CT molecular complexity index is 708. The van der Waals surface area contributed by atoms with E-state index < -0.39 is 33.3 Å². The Morgan fingerprint density at radius 3 is 2.76 bits per heavy atom. The number of carboxylic acid groups (broad SMARTS) is 1. The molecule has 3 unspecified atom stereocenters. The Labute approximate surface area is 123 Å². The van der Waals surface area contributed by atoms with E-state index in [1.165, 1.54) is 6.92 Å². The quantitative estimate of drug-likeness (QED) is 0.912. The first-order valence-corrected chi connectivity index (χ1v) is 8.04. The second kappa shape index (κ2) is 5.47. The fraction of sp³-hybridized carbons (Fsp3) is 0.429. The van der Waals surface area contributed by atoms with E-state index in [1.54, 1.807) is 31.2 Å². The number of hydrogen-bond acceptors (Lipinski definition) is 4. The molecule has 2 rings (SSSR count). The van der Waals surface area contributed by atoms with Gasteiger partial charge < -0.3 is 5.11 Å². The summed E-state index contributed by atoms with van der Waals surface area (Å²) in [6.07, 6.45) is 0.0694. The topological polar surface area (TPSA) is 98.5 Å². The third kappa shape index (κ3) is 2.64. The van der Waals surface area contributed by atoms with Gasteiger partial charge in [0.25, 0.3) is 0 Å². The smallest absolute Gasteiger partial charge is 0.322 e. The monoisotopic (exact) mass is 308 g/mol. The van der Waals surface area contributed by atoms with E-state index in [1.807, 2.05) is 6.07 Å². The number of sulfonamides is 1. The van der Waals surface area contributed by atoms with Gasteiger partial charge in [0.2, 0.25) is 10.0 Å². The average Bonchev–Trinajstić information content (AvgIpc) is 2.69. The summed E-state index contributed by atoms with van der Waals surface area (Å²) in [7, 11) is -3.66. The maximum atomic E-state index is 12.4. The van der Waals surface area contributed by atoms with Gasteiger partial charge in [0.15, 0.2) is 0 Å². The molecule has 1 fully saturated rings. The normalized spacial score (nSPS) is 26.1. The minimum absolute atomic E-state index is 0.0694. The average molecular weight is 308 g/mol. The van der Waals surface area contributed by atoms with E-state index in [9.17, 15) is 18.3 Å². The molecule has 1 heterocycles. The van der Waals surface area contributed by atoms with Gasteiger partial charge in [-0.15, -0.1) is 0 Å². The van der Waals surface area contributed by atoms with Gasteiger partial charge in [-0.2, -0.15) is 9.57 Å².